The van der Waals surface area contributed by atoms with Crippen LogP contribution in [0, 0.1) is 11.8 Å². The zero-order chi connectivity index (χ0) is 13.4. The average molecular weight is 277 g/mol. The Hall–Kier alpha value is -1.48. The second kappa shape index (κ2) is 4.89. The number of nitrogens with one attached hydrogen (secondary N) is 1. The largest absolute Gasteiger partial charge is 0.324 e. The maximum atomic E-state index is 12.2. The molecule has 0 aliphatic heterocycles. The molecular weight excluding hydrogens is 260 g/mol. The molecule has 0 radical (unpaired) electrons. The number of amides is 2. The van der Waals surface area contributed by atoms with Gasteiger partial charge in [0.15, 0.2) is 0 Å². The smallest absolute Gasteiger partial charge is 0.321 e. The highest BCUT2D eigenvalue weighted by molar-refractivity contribution is 6.30. The van der Waals surface area contributed by atoms with Crippen molar-refractivity contribution in [1.82, 2.24) is 4.90 Å². The maximum absolute atomic E-state index is 12.2. The van der Waals surface area contributed by atoms with E-state index in [0.717, 1.165) is 12.1 Å². The number of hydrogen-bond acceptors (Lipinski definition) is 1. The summed E-state index contributed by atoms with van der Waals surface area (Å²) in [5.74, 6) is 1.20. The van der Waals surface area contributed by atoms with Gasteiger partial charge in [0.05, 0.1) is 0 Å². The van der Waals surface area contributed by atoms with E-state index in [1.807, 2.05) is 24.1 Å². The minimum absolute atomic E-state index is 0.0479. The van der Waals surface area contributed by atoms with Gasteiger partial charge in [-0.3, -0.25) is 0 Å². The van der Waals surface area contributed by atoms with E-state index < -0.39 is 0 Å². The van der Waals surface area contributed by atoms with E-state index in [1.54, 1.807) is 12.1 Å². The summed E-state index contributed by atoms with van der Waals surface area (Å²) in [6.45, 7) is 0. The van der Waals surface area contributed by atoms with Gasteiger partial charge in [-0.1, -0.05) is 23.8 Å². The van der Waals surface area contributed by atoms with Gasteiger partial charge in [-0.25, -0.2) is 4.79 Å². The van der Waals surface area contributed by atoms with E-state index in [2.05, 4.69) is 17.5 Å². The molecule has 4 heteroatoms. The summed E-state index contributed by atoms with van der Waals surface area (Å²) in [6.07, 6.45) is 6.83. The normalized spacial score (nSPS) is 27.6. The van der Waals surface area contributed by atoms with Crippen molar-refractivity contribution in [3.05, 3.63) is 41.4 Å². The molecular formula is C15H17ClN2O. The van der Waals surface area contributed by atoms with Gasteiger partial charge < -0.3 is 10.2 Å². The molecule has 19 heavy (non-hydrogen) atoms. The van der Waals surface area contributed by atoms with Crippen molar-refractivity contribution in [1.29, 1.82) is 0 Å². The van der Waals surface area contributed by atoms with E-state index in [4.69, 9.17) is 11.6 Å². The van der Waals surface area contributed by atoms with Gasteiger partial charge in [0.1, 0.15) is 0 Å². The molecule has 3 nitrogen and oxygen atoms in total. The third-order valence-corrected chi connectivity index (χ3v) is 4.41. The van der Waals surface area contributed by atoms with Crippen LogP contribution in [0.25, 0.3) is 0 Å². The molecule has 0 saturated heterocycles. The molecule has 0 unspecified atom stereocenters. The number of anilines is 1. The highest BCUT2D eigenvalue weighted by atomic mass is 35.5. The molecule has 2 aliphatic rings. The molecule has 3 atom stereocenters. The first kappa shape index (κ1) is 12.5. The number of carbonyl (C=O) groups excluding carboxylic acids is 1. The summed E-state index contributed by atoms with van der Waals surface area (Å²) >= 11 is 5.83. The Bertz CT molecular complexity index is 511. The van der Waals surface area contributed by atoms with E-state index in [0.29, 0.717) is 22.9 Å². The number of halogens is 1. The molecule has 1 fully saturated rings. The molecule has 1 N–H and O–H groups in total. The number of carbonyl (C=O) groups is 1. The summed E-state index contributed by atoms with van der Waals surface area (Å²) in [5, 5.41) is 3.58. The number of urea groups is 1. The zero-order valence-electron chi connectivity index (χ0n) is 10.8. The second-order valence-corrected chi connectivity index (χ2v) is 5.83. The summed E-state index contributed by atoms with van der Waals surface area (Å²) in [4.78, 5) is 14.1. The Morgan fingerprint density at radius 2 is 2.00 bits per heavy atom. The van der Waals surface area contributed by atoms with Gasteiger partial charge in [0, 0.05) is 23.8 Å². The monoisotopic (exact) mass is 276 g/mol. The quantitative estimate of drug-likeness (QED) is 0.820. The van der Waals surface area contributed by atoms with Crippen LogP contribution in [0.5, 0.6) is 0 Å². The number of nitrogens with zero attached hydrogens (tertiary/aromatic N) is 1. The van der Waals surface area contributed by atoms with Crippen LogP contribution in [0.2, 0.25) is 5.02 Å². The van der Waals surface area contributed by atoms with Crippen LogP contribution in [0.4, 0.5) is 10.5 Å². The number of fused-ring (bicyclic) bond motifs is 2. The first-order valence-corrected chi connectivity index (χ1v) is 6.99. The maximum Gasteiger partial charge on any atom is 0.321 e. The lowest BCUT2D eigenvalue weighted by atomic mass is 10.0. The van der Waals surface area contributed by atoms with Gasteiger partial charge >= 0.3 is 6.03 Å². The van der Waals surface area contributed by atoms with Crippen LogP contribution in [-0.4, -0.2) is 24.0 Å². The minimum Gasteiger partial charge on any atom is -0.324 e. The SMILES string of the molecule is CN(C(=O)Nc1ccc(Cl)cc1)[C@@H]1C[C@@H]2C=C[C@@H]1C2. The second-order valence-electron chi connectivity index (χ2n) is 5.40. The van der Waals surface area contributed by atoms with E-state index in [1.165, 1.54) is 6.42 Å². The number of benzene rings is 1. The van der Waals surface area contributed by atoms with Crippen LogP contribution in [0.15, 0.2) is 36.4 Å². The molecule has 0 spiro atoms. The van der Waals surface area contributed by atoms with Crippen LogP contribution in [-0.2, 0) is 0 Å². The van der Waals surface area contributed by atoms with E-state index >= 15 is 0 Å². The highest BCUT2D eigenvalue weighted by Crippen LogP contribution is 2.41. The predicted molar refractivity (Wildman–Crippen MR) is 77.4 cm³/mol. The van der Waals surface area contributed by atoms with Gasteiger partial charge in [-0.2, -0.15) is 0 Å². The summed E-state index contributed by atoms with van der Waals surface area (Å²) in [6, 6.07) is 7.47. The lowest BCUT2D eigenvalue weighted by Crippen LogP contribution is -2.42. The molecule has 3 rings (SSSR count). The molecule has 0 aromatic heterocycles. The molecule has 2 aliphatic carbocycles. The third-order valence-electron chi connectivity index (χ3n) is 4.16. The van der Waals surface area contributed by atoms with E-state index in [9.17, 15) is 4.79 Å². The molecule has 1 saturated carbocycles. The van der Waals surface area contributed by atoms with Crippen LogP contribution in [0.1, 0.15) is 12.8 Å². The van der Waals surface area contributed by atoms with Crippen LogP contribution >= 0.6 is 11.6 Å². The van der Waals surface area contributed by atoms with Gasteiger partial charge in [0.2, 0.25) is 0 Å². The van der Waals surface area contributed by atoms with E-state index in [-0.39, 0.29) is 6.03 Å². The zero-order valence-corrected chi connectivity index (χ0v) is 11.6. The van der Waals surface area contributed by atoms with Gasteiger partial charge in [-0.05, 0) is 48.9 Å². The van der Waals surface area contributed by atoms with Crippen molar-refractivity contribution >= 4 is 23.3 Å². The van der Waals surface area contributed by atoms with Crippen molar-refractivity contribution < 1.29 is 4.79 Å². The highest BCUT2D eigenvalue weighted by Gasteiger charge is 2.39. The fourth-order valence-corrected chi connectivity index (χ4v) is 3.22. The first-order chi connectivity index (χ1) is 9.13. The fourth-order valence-electron chi connectivity index (χ4n) is 3.09. The van der Waals surface area contributed by atoms with Crippen LogP contribution < -0.4 is 5.32 Å². The lowest BCUT2D eigenvalue weighted by Gasteiger charge is -2.29. The summed E-state index contributed by atoms with van der Waals surface area (Å²) in [5.41, 5.74) is 0.778. The molecule has 2 bridgehead atoms. The van der Waals surface area contributed by atoms with Crippen molar-refractivity contribution in [2.75, 3.05) is 12.4 Å². The third kappa shape index (κ3) is 2.47. The van der Waals surface area contributed by atoms with Crippen molar-refractivity contribution in [2.45, 2.75) is 18.9 Å². The molecule has 100 valence electrons. The van der Waals surface area contributed by atoms with Crippen molar-refractivity contribution in [3.8, 4) is 0 Å². The minimum atomic E-state index is -0.0479. The fraction of sp³-hybridized carbons (Fsp3) is 0.400. The Balaban J connectivity index is 1.64. The Labute approximate surface area is 118 Å². The molecule has 1 aromatic carbocycles. The van der Waals surface area contributed by atoms with Crippen LogP contribution in [0.3, 0.4) is 0 Å². The predicted octanol–water partition coefficient (Wildman–Crippen LogP) is 3.77. The molecule has 1 aromatic rings. The topological polar surface area (TPSA) is 32.3 Å². The number of allylic oxidation sites excluding steroid dienone is 1. The standard InChI is InChI=1S/C15H17ClN2O/c1-18(14-9-10-2-3-11(14)8-10)15(19)17-13-6-4-12(16)5-7-13/h2-7,10-11,14H,8-9H2,1H3,(H,17,19)/t10-,11-,14-/m1/s1. The summed E-state index contributed by atoms with van der Waals surface area (Å²) < 4.78 is 0. The number of hydrogen-bond donors (Lipinski definition) is 1. The van der Waals surface area contributed by atoms with Crippen molar-refractivity contribution in [2.24, 2.45) is 11.8 Å². The van der Waals surface area contributed by atoms with Gasteiger partial charge in [0.25, 0.3) is 0 Å². The Morgan fingerprint density at radius 1 is 1.26 bits per heavy atom. The number of rotatable bonds is 2. The van der Waals surface area contributed by atoms with Crippen molar-refractivity contribution in [3.63, 3.8) is 0 Å². The first-order valence-electron chi connectivity index (χ1n) is 6.61. The lowest BCUT2D eigenvalue weighted by molar-refractivity contribution is 0.194. The molecule has 2 amide bonds. The Morgan fingerprint density at radius 3 is 2.58 bits per heavy atom. The average Bonchev–Trinajstić information content (AvgIpc) is 3.03. The summed E-state index contributed by atoms with van der Waals surface area (Å²) in [7, 11) is 1.88. The van der Waals surface area contributed by atoms with Gasteiger partial charge in [-0.15, -0.1) is 0 Å². The molecule has 0 heterocycles. The Kier molecular flexibility index (Phi) is 3.23.